The van der Waals surface area contributed by atoms with Crippen LogP contribution in [-0.2, 0) is 6.54 Å². The van der Waals surface area contributed by atoms with Crippen LogP contribution in [0.4, 0.5) is 0 Å². The number of nitrogens with zero attached hydrogens (tertiary/aromatic N) is 1. The maximum atomic E-state index is 9.52. The minimum Gasteiger partial charge on any atom is -0.504 e. The van der Waals surface area contributed by atoms with Crippen molar-refractivity contribution in [3.8, 4) is 22.1 Å². The van der Waals surface area contributed by atoms with E-state index in [2.05, 4.69) is 4.98 Å². The third-order valence-corrected chi connectivity index (χ3v) is 4.24. The summed E-state index contributed by atoms with van der Waals surface area (Å²) in [6.07, 6.45) is 2.38. The van der Waals surface area contributed by atoms with Crippen LogP contribution in [0.3, 0.4) is 0 Å². The second kappa shape index (κ2) is 4.26. The van der Waals surface area contributed by atoms with E-state index in [1.165, 1.54) is 25.0 Å². The molecule has 0 aliphatic heterocycles. The summed E-state index contributed by atoms with van der Waals surface area (Å²) in [5, 5.41) is 19.7. The van der Waals surface area contributed by atoms with Crippen LogP contribution in [0.25, 0.3) is 10.6 Å². The molecule has 0 bridgehead atoms. The van der Waals surface area contributed by atoms with Gasteiger partial charge in [-0.2, -0.15) is 0 Å². The van der Waals surface area contributed by atoms with Crippen LogP contribution < -0.4 is 5.73 Å². The predicted molar refractivity (Wildman–Crippen MR) is 70.7 cm³/mol. The van der Waals surface area contributed by atoms with Crippen molar-refractivity contribution in [2.45, 2.75) is 25.3 Å². The highest BCUT2D eigenvalue weighted by Gasteiger charge is 2.29. The number of phenols is 2. The summed E-state index contributed by atoms with van der Waals surface area (Å²) in [7, 11) is 0. The smallest absolute Gasteiger partial charge is 0.158 e. The first kappa shape index (κ1) is 11.5. The number of hydrogen-bond donors (Lipinski definition) is 3. The van der Waals surface area contributed by atoms with Crippen LogP contribution in [0.2, 0.25) is 0 Å². The van der Waals surface area contributed by atoms with Gasteiger partial charge in [0.1, 0.15) is 5.01 Å². The lowest BCUT2D eigenvalue weighted by atomic mass is 10.2. The molecule has 5 heteroatoms. The van der Waals surface area contributed by atoms with Crippen molar-refractivity contribution >= 4 is 11.3 Å². The van der Waals surface area contributed by atoms with E-state index >= 15 is 0 Å². The van der Waals surface area contributed by atoms with Gasteiger partial charge in [-0.05, 0) is 31.0 Å². The monoisotopic (exact) mass is 262 g/mol. The molecule has 3 rings (SSSR count). The molecule has 4 nitrogen and oxygen atoms in total. The average Bonchev–Trinajstić information content (AvgIpc) is 3.12. The lowest BCUT2D eigenvalue weighted by molar-refractivity contribution is 0.404. The Kier molecular flexibility index (Phi) is 2.72. The third kappa shape index (κ3) is 1.95. The van der Waals surface area contributed by atoms with E-state index in [9.17, 15) is 10.2 Å². The molecule has 1 aliphatic carbocycles. The molecule has 2 aromatic rings. The average molecular weight is 262 g/mol. The fourth-order valence-electron chi connectivity index (χ4n) is 1.97. The van der Waals surface area contributed by atoms with Gasteiger partial charge >= 0.3 is 0 Å². The van der Waals surface area contributed by atoms with Crippen molar-refractivity contribution in [3.63, 3.8) is 0 Å². The lowest BCUT2D eigenvalue weighted by Gasteiger charge is -1.99. The van der Waals surface area contributed by atoms with E-state index < -0.39 is 0 Å². The van der Waals surface area contributed by atoms with Gasteiger partial charge in [-0.1, -0.05) is 0 Å². The first-order valence-corrected chi connectivity index (χ1v) is 6.72. The molecule has 4 N–H and O–H groups in total. The summed E-state index contributed by atoms with van der Waals surface area (Å²) >= 11 is 1.57. The Morgan fingerprint density at radius 2 is 2.06 bits per heavy atom. The zero-order valence-electron chi connectivity index (χ0n) is 9.76. The molecule has 0 unspecified atom stereocenters. The normalized spacial score (nSPS) is 14.9. The molecule has 18 heavy (non-hydrogen) atoms. The minimum atomic E-state index is -0.120. The quantitative estimate of drug-likeness (QED) is 0.743. The minimum absolute atomic E-state index is 0.114. The van der Waals surface area contributed by atoms with Crippen molar-refractivity contribution in [1.29, 1.82) is 0 Å². The number of phenolic OH excluding ortho intramolecular Hbond substituents is 2. The predicted octanol–water partition coefficient (Wildman–Crippen LogP) is 2.56. The Morgan fingerprint density at radius 3 is 2.67 bits per heavy atom. The van der Waals surface area contributed by atoms with Gasteiger partial charge in [0.25, 0.3) is 0 Å². The molecule has 1 saturated carbocycles. The number of nitrogens with two attached hydrogens (primary N) is 1. The molecule has 0 atom stereocenters. The Labute approximate surface area is 109 Å². The van der Waals surface area contributed by atoms with Gasteiger partial charge in [-0.25, -0.2) is 4.98 Å². The number of rotatable bonds is 3. The maximum absolute atomic E-state index is 9.52. The van der Waals surface area contributed by atoms with Gasteiger partial charge in [-0.3, -0.25) is 0 Å². The van der Waals surface area contributed by atoms with Gasteiger partial charge in [0.15, 0.2) is 11.5 Å². The molecule has 0 radical (unpaired) electrons. The molecule has 1 aromatic heterocycles. The Morgan fingerprint density at radius 1 is 1.28 bits per heavy atom. The zero-order chi connectivity index (χ0) is 12.7. The molecule has 1 aromatic carbocycles. The van der Waals surface area contributed by atoms with Crippen molar-refractivity contribution in [3.05, 3.63) is 28.8 Å². The first-order valence-electron chi connectivity index (χ1n) is 5.91. The summed E-state index contributed by atoms with van der Waals surface area (Å²) in [5.41, 5.74) is 7.68. The fourth-order valence-corrected chi connectivity index (χ4v) is 2.99. The molecule has 0 saturated heterocycles. The van der Waals surface area contributed by atoms with Gasteiger partial charge in [-0.15, -0.1) is 11.3 Å². The largest absolute Gasteiger partial charge is 0.504 e. The van der Waals surface area contributed by atoms with Crippen molar-refractivity contribution in [1.82, 2.24) is 4.98 Å². The summed E-state index contributed by atoms with van der Waals surface area (Å²) in [6.45, 7) is 0.508. The van der Waals surface area contributed by atoms with E-state index in [4.69, 9.17) is 5.73 Å². The fraction of sp³-hybridized carbons (Fsp3) is 0.308. The van der Waals surface area contributed by atoms with Gasteiger partial charge < -0.3 is 15.9 Å². The van der Waals surface area contributed by atoms with Gasteiger partial charge in [0, 0.05) is 22.9 Å². The van der Waals surface area contributed by atoms with Crippen LogP contribution in [0.1, 0.15) is 29.3 Å². The summed E-state index contributed by atoms with van der Waals surface area (Å²) in [4.78, 5) is 5.75. The van der Waals surface area contributed by atoms with E-state index in [0.29, 0.717) is 12.5 Å². The molecule has 0 spiro atoms. The van der Waals surface area contributed by atoms with Gasteiger partial charge in [0.2, 0.25) is 0 Å². The van der Waals surface area contributed by atoms with Gasteiger partial charge in [0.05, 0.1) is 5.69 Å². The lowest BCUT2D eigenvalue weighted by Crippen LogP contribution is -1.96. The molecular formula is C13H14N2O2S. The maximum Gasteiger partial charge on any atom is 0.158 e. The molecule has 1 fully saturated rings. The Balaban J connectivity index is 2.02. The highest BCUT2D eigenvalue weighted by Crippen LogP contribution is 2.44. The van der Waals surface area contributed by atoms with Crippen LogP contribution >= 0.6 is 11.3 Å². The molecule has 1 aliphatic rings. The Bertz CT molecular complexity index is 591. The standard InChI is InChI=1S/C13H14N2O2S/c14-6-11-12(7-1-2-7)15-13(18-11)8-3-4-9(16)10(17)5-8/h3-5,7,16-17H,1-2,6,14H2. The van der Waals surface area contributed by atoms with E-state index in [1.807, 2.05) is 0 Å². The molecular weight excluding hydrogens is 248 g/mol. The summed E-state index contributed by atoms with van der Waals surface area (Å²) in [6, 6.07) is 4.76. The van der Waals surface area contributed by atoms with Crippen LogP contribution in [-0.4, -0.2) is 15.2 Å². The summed E-state index contributed by atoms with van der Waals surface area (Å²) in [5.74, 6) is 0.334. The highest BCUT2D eigenvalue weighted by molar-refractivity contribution is 7.15. The van der Waals surface area contributed by atoms with Crippen molar-refractivity contribution in [2.75, 3.05) is 0 Å². The zero-order valence-corrected chi connectivity index (χ0v) is 10.6. The molecule has 1 heterocycles. The van der Waals surface area contributed by atoms with E-state index in [1.54, 1.807) is 17.4 Å². The number of aromatic hydroxyl groups is 2. The molecule has 0 amide bonds. The van der Waals surface area contributed by atoms with Crippen LogP contribution in [0.15, 0.2) is 18.2 Å². The number of hydrogen-bond acceptors (Lipinski definition) is 5. The van der Waals surface area contributed by atoms with E-state index in [0.717, 1.165) is 21.1 Å². The molecule has 94 valence electrons. The number of thiazole rings is 1. The third-order valence-electron chi connectivity index (χ3n) is 3.10. The Hall–Kier alpha value is -1.59. The number of aromatic nitrogens is 1. The van der Waals surface area contributed by atoms with Crippen LogP contribution in [0, 0.1) is 0 Å². The first-order chi connectivity index (χ1) is 8.69. The summed E-state index contributed by atoms with van der Waals surface area (Å²) < 4.78 is 0. The van der Waals surface area contributed by atoms with Crippen LogP contribution in [0.5, 0.6) is 11.5 Å². The second-order valence-corrected chi connectivity index (χ2v) is 5.59. The van der Waals surface area contributed by atoms with Crippen molar-refractivity contribution < 1.29 is 10.2 Å². The van der Waals surface area contributed by atoms with E-state index in [-0.39, 0.29) is 11.5 Å². The highest BCUT2D eigenvalue weighted by atomic mass is 32.1. The van der Waals surface area contributed by atoms with Crippen molar-refractivity contribution in [2.24, 2.45) is 5.73 Å². The second-order valence-electron chi connectivity index (χ2n) is 4.51. The SMILES string of the molecule is NCc1sc(-c2ccc(O)c(O)c2)nc1C1CC1. The topological polar surface area (TPSA) is 79.4 Å². The number of benzene rings is 1.